The molecule has 0 saturated heterocycles. The lowest BCUT2D eigenvalue weighted by Gasteiger charge is -1.89. The van der Waals surface area contributed by atoms with Gasteiger partial charge in [0.25, 0.3) is 0 Å². The van der Waals surface area contributed by atoms with Gasteiger partial charge in [-0.15, -0.1) is 0 Å². The highest BCUT2D eigenvalue weighted by molar-refractivity contribution is 5.96. The van der Waals surface area contributed by atoms with Crippen LogP contribution in [0.2, 0.25) is 0 Å². The summed E-state index contributed by atoms with van der Waals surface area (Å²) in [7, 11) is 0. The second-order valence-corrected chi connectivity index (χ2v) is 1.14. The van der Waals surface area contributed by atoms with E-state index in [2.05, 4.69) is 13.2 Å². The molecule has 0 atom stereocenters. The molecule has 0 fully saturated rings. The molecule has 0 rings (SSSR count). The van der Waals surface area contributed by atoms with E-state index in [-0.39, 0.29) is 5.84 Å². The molecule has 2 heteroatoms. The van der Waals surface area contributed by atoms with Gasteiger partial charge in [0, 0.05) is 5.57 Å². The van der Waals surface area contributed by atoms with Crippen molar-refractivity contribution in [1.29, 1.82) is 5.41 Å². The summed E-state index contributed by atoms with van der Waals surface area (Å²) in [6, 6.07) is 0. The van der Waals surface area contributed by atoms with Gasteiger partial charge < -0.3 is 5.73 Å². The van der Waals surface area contributed by atoms with Crippen molar-refractivity contribution in [1.82, 2.24) is 0 Å². The van der Waals surface area contributed by atoms with Gasteiger partial charge in [-0.3, -0.25) is 5.41 Å². The van der Waals surface area contributed by atoms with Crippen LogP contribution in [0.15, 0.2) is 24.8 Å². The third kappa shape index (κ3) is 1.76. The largest absolute Gasteiger partial charge is 0.384 e. The Labute approximate surface area is 42.8 Å². The first-order valence-electron chi connectivity index (χ1n) is 1.84. The summed E-state index contributed by atoms with van der Waals surface area (Å²) < 4.78 is 0. The van der Waals surface area contributed by atoms with E-state index in [0.717, 1.165) is 0 Å². The molecule has 0 aliphatic carbocycles. The Bertz CT molecular complexity index is 113. The molecule has 0 bridgehead atoms. The zero-order chi connectivity index (χ0) is 5.86. The predicted molar refractivity (Wildman–Crippen MR) is 31.3 cm³/mol. The molecule has 0 aliphatic heterocycles. The first kappa shape index (κ1) is 5.95. The van der Waals surface area contributed by atoms with E-state index >= 15 is 0 Å². The van der Waals surface area contributed by atoms with E-state index in [1.807, 2.05) is 0 Å². The minimum Gasteiger partial charge on any atom is -0.384 e. The molecule has 0 unspecified atom stereocenters. The van der Waals surface area contributed by atoms with Crippen molar-refractivity contribution in [2.45, 2.75) is 0 Å². The molecule has 0 heterocycles. The summed E-state index contributed by atoms with van der Waals surface area (Å²) >= 11 is 0. The van der Waals surface area contributed by atoms with Crippen LogP contribution in [-0.4, -0.2) is 5.84 Å². The Hall–Kier alpha value is -1.05. The highest BCUT2D eigenvalue weighted by atomic mass is 14.7. The first-order valence-corrected chi connectivity index (χ1v) is 1.84. The molecule has 0 amide bonds. The third-order valence-corrected chi connectivity index (χ3v) is 0.592. The van der Waals surface area contributed by atoms with Crippen LogP contribution in [-0.2, 0) is 0 Å². The van der Waals surface area contributed by atoms with Crippen LogP contribution in [0.5, 0.6) is 0 Å². The molecule has 0 aromatic rings. The first-order chi connectivity index (χ1) is 3.18. The standard InChI is InChI=1S/C5H8N2/c1-3-4(2)5(6)7/h3H,1-2H2,(H3,6,7). The Morgan fingerprint density at radius 3 is 2.14 bits per heavy atom. The maximum Gasteiger partial charge on any atom is 0.122 e. The molecule has 38 valence electrons. The molecular formula is C5H8N2. The van der Waals surface area contributed by atoms with Crippen LogP contribution >= 0.6 is 0 Å². The minimum atomic E-state index is -0.0185. The van der Waals surface area contributed by atoms with Crippen LogP contribution in [0.25, 0.3) is 0 Å². The molecule has 0 radical (unpaired) electrons. The molecule has 0 aromatic heterocycles. The fourth-order valence-corrected chi connectivity index (χ4v) is 0.110. The zero-order valence-corrected chi connectivity index (χ0v) is 4.07. The fourth-order valence-electron chi connectivity index (χ4n) is 0.110. The van der Waals surface area contributed by atoms with Crippen LogP contribution in [0.3, 0.4) is 0 Å². The lowest BCUT2D eigenvalue weighted by Crippen LogP contribution is -2.09. The van der Waals surface area contributed by atoms with Gasteiger partial charge in [-0.25, -0.2) is 0 Å². The number of amidine groups is 1. The third-order valence-electron chi connectivity index (χ3n) is 0.592. The molecular weight excluding hydrogens is 88.1 g/mol. The van der Waals surface area contributed by atoms with Gasteiger partial charge in [0.15, 0.2) is 0 Å². The highest BCUT2D eigenvalue weighted by Gasteiger charge is 1.84. The van der Waals surface area contributed by atoms with Crippen LogP contribution in [0.1, 0.15) is 0 Å². The predicted octanol–water partition coefficient (Wildman–Crippen LogP) is 0.665. The zero-order valence-electron chi connectivity index (χ0n) is 4.07. The number of nitrogens with one attached hydrogen (secondary N) is 1. The summed E-state index contributed by atoms with van der Waals surface area (Å²) in [5, 5.41) is 6.71. The van der Waals surface area contributed by atoms with Crippen molar-refractivity contribution in [2.24, 2.45) is 5.73 Å². The average Bonchev–Trinajstić information content (AvgIpc) is 1.65. The summed E-state index contributed by atoms with van der Waals surface area (Å²) in [4.78, 5) is 0. The van der Waals surface area contributed by atoms with Crippen LogP contribution in [0, 0.1) is 5.41 Å². The number of nitrogens with two attached hydrogens (primary N) is 1. The van der Waals surface area contributed by atoms with E-state index < -0.39 is 0 Å². The summed E-state index contributed by atoms with van der Waals surface area (Å²) in [6.45, 7) is 6.77. The lowest BCUT2D eigenvalue weighted by molar-refractivity contribution is 1.44. The van der Waals surface area contributed by atoms with Crippen LogP contribution in [0.4, 0.5) is 0 Å². The van der Waals surface area contributed by atoms with E-state index in [4.69, 9.17) is 11.1 Å². The van der Waals surface area contributed by atoms with E-state index in [1.165, 1.54) is 6.08 Å². The summed E-state index contributed by atoms with van der Waals surface area (Å²) in [5.41, 5.74) is 5.43. The van der Waals surface area contributed by atoms with Gasteiger partial charge in [0.05, 0.1) is 0 Å². The number of rotatable bonds is 2. The van der Waals surface area contributed by atoms with Gasteiger partial charge in [-0.1, -0.05) is 19.2 Å². The smallest absolute Gasteiger partial charge is 0.122 e. The van der Waals surface area contributed by atoms with Crippen molar-refractivity contribution in [3.8, 4) is 0 Å². The Balaban J connectivity index is 3.81. The summed E-state index contributed by atoms with van der Waals surface area (Å²) in [5.74, 6) is -0.0185. The summed E-state index contributed by atoms with van der Waals surface area (Å²) in [6.07, 6.45) is 1.45. The normalized spacial score (nSPS) is 7.43. The average molecular weight is 96.1 g/mol. The van der Waals surface area contributed by atoms with E-state index in [0.29, 0.717) is 5.57 Å². The molecule has 0 aliphatic rings. The van der Waals surface area contributed by atoms with Crippen LogP contribution < -0.4 is 5.73 Å². The fraction of sp³-hybridized carbons (Fsp3) is 0. The number of hydrogen-bond donors (Lipinski definition) is 2. The van der Waals surface area contributed by atoms with Crippen molar-refractivity contribution in [3.63, 3.8) is 0 Å². The topological polar surface area (TPSA) is 49.9 Å². The SMILES string of the molecule is C=CC(=C)C(=N)N. The Morgan fingerprint density at radius 1 is 1.71 bits per heavy atom. The van der Waals surface area contributed by atoms with Crippen molar-refractivity contribution in [3.05, 3.63) is 24.8 Å². The Morgan fingerprint density at radius 2 is 2.14 bits per heavy atom. The highest BCUT2D eigenvalue weighted by Crippen LogP contribution is 1.85. The van der Waals surface area contributed by atoms with Gasteiger partial charge >= 0.3 is 0 Å². The Kier molecular flexibility index (Phi) is 1.85. The second-order valence-electron chi connectivity index (χ2n) is 1.14. The van der Waals surface area contributed by atoms with Crippen molar-refractivity contribution < 1.29 is 0 Å². The van der Waals surface area contributed by atoms with E-state index in [9.17, 15) is 0 Å². The van der Waals surface area contributed by atoms with Gasteiger partial charge in [0.1, 0.15) is 5.84 Å². The van der Waals surface area contributed by atoms with Crippen molar-refractivity contribution >= 4 is 5.84 Å². The van der Waals surface area contributed by atoms with Gasteiger partial charge in [-0.05, 0) is 0 Å². The number of hydrogen-bond acceptors (Lipinski definition) is 1. The van der Waals surface area contributed by atoms with Gasteiger partial charge in [0.2, 0.25) is 0 Å². The maximum absolute atomic E-state index is 6.71. The molecule has 0 aromatic carbocycles. The molecule has 7 heavy (non-hydrogen) atoms. The quantitative estimate of drug-likeness (QED) is 0.296. The van der Waals surface area contributed by atoms with E-state index in [1.54, 1.807) is 0 Å². The molecule has 3 N–H and O–H groups in total. The molecule has 0 saturated carbocycles. The second kappa shape index (κ2) is 2.18. The molecule has 2 nitrogen and oxygen atoms in total. The maximum atomic E-state index is 6.71. The lowest BCUT2D eigenvalue weighted by atomic mass is 10.3. The monoisotopic (exact) mass is 96.1 g/mol. The van der Waals surface area contributed by atoms with Gasteiger partial charge in [-0.2, -0.15) is 0 Å². The minimum absolute atomic E-state index is 0.0185. The van der Waals surface area contributed by atoms with Crippen molar-refractivity contribution in [2.75, 3.05) is 0 Å². The molecule has 0 spiro atoms.